The number of amides is 2. The van der Waals surface area contributed by atoms with Gasteiger partial charge in [0.25, 0.3) is 0 Å². The third-order valence-corrected chi connectivity index (χ3v) is 4.94. The summed E-state index contributed by atoms with van der Waals surface area (Å²) in [6, 6.07) is 4.45. The van der Waals surface area contributed by atoms with Crippen LogP contribution in [0.25, 0.3) is 0 Å². The van der Waals surface area contributed by atoms with Crippen molar-refractivity contribution in [2.24, 2.45) is 5.92 Å². The Hall–Kier alpha value is -2.24. The first kappa shape index (κ1) is 15.3. The summed E-state index contributed by atoms with van der Waals surface area (Å²) in [5, 5.41) is 3.01. The van der Waals surface area contributed by atoms with Crippen LogP contribution in [0, 0.1) is 5.92 Å². The van der Waals surface area contributed by atoms with E-state index in [1.54, 1.807) is 12.5 Å². The number of imidazole rings is 1. The minimum atomic E-state index is -0.00430. The molecule has 2 saturated carbocycles. The molecule has 2 heterocycles. The summed E-state index contributed by atoms with van der Waals surface area (Å²) in [4.78, 5) is 18.4. The van der Waals surface area contributed by atoms with Crippen molar-refractivity contribution in [3.63, 3.8) is 0 Å². The maximum Gasteiger partial charge on any atom is 0.318 e. The summed E-state index contributed by atoms with van der Waals surface area (Å²) in [6.45, 7) is 4.13. The van der Waals surface area contributed by atoms with E-state index in [9.17, 15) is 4.79 Å². The lowest BCUT2D eigenvalue weighted by Crippen LogP contribution is -2.41. The molecule has 6 nitrogen and oxygen atoms in total. The molecule has 24 heavy (non-hydrogen) atoms. The van der Waals surface area contributed by atoms with E-state index in [1.807, 2.05) is 21.7 Å². The number of urea groups is 1. The van der Waals surface area contributed by atoms with E-state index in [0.29, 0.717) is 25.0 Å². The van der Waals surface area contributed by atoms with E-state index in [1.165, 1.54) is 6.42 Å². The van der Waals surface area contributed by atoms with Gasteiger partial charge < -0.3 is 19.2 Å². The summed E-state index contributed by atoms with van der Waals surface area (Å²) in [5.41, 5.74) is 0. The van der Waals surface area contributed by atoms with Crippen molar-refractivity contribution >= 4 is 6.03 Å². The Morgan fingerprint density at radius 2 is 2.29 bits per heavy atom. The quantitative estimate of drug-likeness (QED) is 0.850. The third kappa shape index (κ3) is 3.47. The Morgan fingerprint density at radius 1 is 1.46 bits per heavy atom. The predicted molar refractivity (Wildman–Crippen MR) is 89.4 cm³/mol. The highest BCUT2D eigenvalue weighted by atomic mass is 16.3. The summed E-state index contributed by atoms with van der Waals surface area (Å²) >= 11 is 0. The highest BCUT2D eigenvalue weighted by Gasteiger charge is 2.37. The van der Waals surface area contributed by atoms with Gasteiger partial charge in [-0.2, -0.15) is 0 Å². The maximum atomic E-state index is 12.5. The number of carbonyl (C=O) groups excluding carboxylic acids is 1. The van der Waals surface area contributed by atoms with E-state index < -0.39 is 0 Å². The fraction of sp³-hybridized carbons (Fsp3) is 0.556. The number of hydrogen-bond donors (Lipinski definition) is 1. The Morgan fingerprint density at radius 3 is 2.96 bits per heavy atom. The van der Waals surface area contributed by atoms with Crippen molar-refractivity contribution < 1.29 is 9.21 Å². The summed E-state index contributed by atoms with van der Waals surface area (Å²) < 4.78 is 7.92. The molecule has 1 N–H and O–H groups in total. The molecular formula is C18H24N4O2. The van der Waals surface area contributed by atoms with Gasteiger partial charge in [-0.1, -0.05) is 6.92 Å². The Balaban J connectivity index is 1.32. The number of aromatic nitrogens is 2. The highest BCUT2D eigenvalue weighted by molar-refractivity contribution is 5.74. The second-order valence-corrected chi connectivity index (χ2v) is 7.02. The van der Waals surface area contributed by atoms with Crippen molar-refractivity contribution in [1.82, 2.24) is 19.8 Å². The first-order valence-corrected chi connectivity index (χ1v) is 8.79. The van der Waals surface area contributed by atoms with Crippen LogP contribution < -0.4 is 5.32 Å². The van der Waals surface area contributed by atoms with Crippen LogP contribution in [0.5, 0.6) is 0 Å². The molecule has 2 aliphatic carbocycles. The largest absolute Gasteiger partial charge is 0.464 e. The fourth-order valence-electron chi connectivity index (χ4n) is 3.13. The van der Waals surface area contributed by atoms with Gasteiger partial charge in [-0.05, 0) is 37.3 Å². The van der Waals surface area contributed by atoms with Crippen molar-refractivity contribution in [1.29, 1.82) is 0 Å². The van der Waals surface area contributed by atoms with E-state index in [-0.39, 0.29) is 6.03 Å². The molecule has 0 saturated heterocycles. The molecule has 2 aliphatic rings. The molecule has 6 heteroatoms. The molecule has 2 aromatic heterocycles. The minimum Gasteiger partial charge on any atom is -0.464 e. The van der Waals surface area contributed by atoms with Crippen LogP contribution >= 0.6 is 0 Å². The topological polar surface area (TPSA) is 63.3 Å². The monoisotopic (exact) mass is 328 g/mol. The Labute approximate surface area is 141 Å². The van der Waals surface area contributed by atoms with Gasteiger partial charge in [-0.15, -0.1) is 0 Å². The van der Waals surface area contributed by atoms with Crippen LogP contribution in [0.15, 0.2) is 35.3 Å². The average Bonchev–Trinajstić information content (AvgIpc) is 3.43. The lowest BCUT2D eigenvalue weighted by molar-refractivity contribution is 0.186. The van der Waals surface area contributed by atoms with Gasteiger partial charge in [0.1, 0.15) is 11.5 Å². The molecule has 0 radical (unpaired) electrons. The van der Waals surface area contributed by atoms with Crippen molar-refractivity contribution in [2.45, 2.75) is 51.2 Å². The number of hydrogen-bond acceptors (Lipinski definition) is 3. The molecule has 4 rings (SSSR count). The number of carbonyl (C=O) groups is 1. The molecule has 0 aliphatic heterocycles. The molecule has 2 aromatic rings. The maximum absolute atomic E-state index is 12.5. The Bertz CT molecular complexity index is 690. The van der Waals surface area contributed by atoms with Crippen molar-refractivity contribution in [3.8, 4) is 0 Å². The van der Waals surface area contributed by atoms with Gasteiger partial charge in [0, 0.05) is 37.4 Å². The molecular weight excluding hydrogens is 304 g/mol. The smallest absolute Gasteiger partial charge is 0.318 e. The molecule has 0 unspecified atom stereocenters. The minimum absolute atomic E-state index is 0.00430. The highest BCUT2D eigenvalue weighted by Crippen LogP contribution is 2.47. The average molecular weight is 328 g/mol. The lowest BCUT2D eigenvalue weighted by atomic mass is 10.3. The van der Waals surface area contributed by atoms with Gasteiger partial charge in [0.05, 0.1) is 12.9 Å². The first-order valence-electron chi connectivity index (χ1n) is 8.79. The molecule has 2 atom stereocenters. The van der Waals surface area contributed by atoms with Crippen LogP contribution in [-0.2, 0) is 13.1 Å². The van der Waals surface area contributed by atoms with Gasteiger partial charge >= 0.3 is 6.03 Å². The SMILES string of the molecule is C[C@H]1C[C@H]1c1ccc(CN(C(=O)NCCn2ccnc2)C2CC2)o1. The van der Waals surface area contributed by atoms with Gasteiger partial charge in [0.2, 0.25) is 0 Å². The van der Waals surface area contributed by atoms with E-state index in [2.05, 4.69) is 23.3 Å². The Kier molecular flexibility index (Phi) is 4.04. The van der Waals surface area contributed by atoms with Crippen LogP contribution in [0.1, 0.15) is 43.6 Å². The van der Waals surface area contributed by atoms with E-state index >= 15 is 0 Å². The van der Waals surface area contributed by atoms with Gasteiger partial charge in [0.15, 0.2) is 0 Å². The van der Waals surface area contributed by atoms with E-state index in [4.69, 9.17) is 4.42 Å². The van der Waals surface area contributed by atoms with E-state index in [0.717, 1.165) is 36.8 Å². The number of nitrogens with one attached hydrogen (secondary N) is 1. The zero-order chi connectivity index (χ0) is 16.5. The molecule has 128 valence electrons. The second-order valence-electron chi connectivity index (χ2n) is 7.02. The number of nitrogens with zero attached hydrogens (tertiary/aromatic N) is 3. The van der Waals surface area contributed by atoms with Crippen LogP contribution in [0.3, 0.4) is 0 Å². The summed E-state index contributed by atoms with van der Waals surface area (Å²) in [5.74, 6) is 3.28. The number of rotatable bonds is 7. The predicted octanol–water partition coefficient (Wildman–Crippen LogP) is 2.97. The zero-order valence-corrected chi connectivity index (χ0v) is 14.0. The summed E-state index contributed by atoms with van der Waals surface area (Å²) in [6.07, 6.45) is 8.79. The van der Waals surface area contributed by atoms with Crippen LogP contribution in [-0.4, -0.2) is 33.1 Å². The second kappa shape index (κ2) is 6.34. The normalized spacial score (nSPS) is 22.4. The molecule has 2 amide bonds. The van der Waals surface area contributed by atoms with Crippen molar-refractivity contribution in [3.05, 3.63) is 42.4 Å². The third-order valence-electron chi connectivity index (χ3n) is 4.94. The standard InChI is InChI=1S/C18H24N4O2/c1-13-10-16(13)17-5-4-15(24-17)11-22(14-2-3-14)18(23)20-7-9-21-8-6-19-12-21/h4-6,8,12-14,16H,2-3,7,9-11H2,1H3,(H,20,23)/t13-,16+/m0/s1. The van der Waals surface area contributed by atoms with Gasteiger partial charge in [-0.25, -0.2) is 9.78 Å². The van der Waals surface area contributed by atoms with Crippen molar-refractivity contribution in [2.75, 3.05) is 6.54 Å². The lowest BCUT2D eigenvalue weighted by Gasteiger charge is -2.22. The van der Waals surface area contributed by atoms with Crippen LogP contribution in [0.2, 0.25) is 0 Å². The van der Waals surface area contributed by atoms with Gasteiger partial charge in [-0.3, -0.25) is 0 Å². The molecule has 0 aromatic carbocycles. The zero-order valence-electron chi connectivity index (χ0n) is 14.0. The first-order chi connectivity index (χ1) is 11.7. The number of furan rings is 1. The summed E-state index contributed by atoms with van der Waals surface area (Å²) in [7, 11) is 0. The molecule has 2 fully saturated rings. The fourth-order valence-corrected chi connectivity index (χ4v) is 3.13. The van der Waals surface area contributed by atoms with Crippen LogP contribution in [0.4, 0.5) is 4.79 Å². The molecule has 0 spiro atoms. The molecule has 0 bridgehead atoms.